The van der Waals surface area contributed by atoms with Gasteiger partial charge in [-0.1, -0.05) is 64.2 Å². The van der Waals surface area contributed by atoms with Gasteiger partial charge in [0.25, 0.3) is 0 Å². The van der Waals surface area contributed by atoms with Crippen molar-refractivity contribution in [2.75, 3.05) is 0 Å². The molecule has 1 heterocycles. The predicted molar refractivity (Wildman–Crippen MR) is 130 cm³/mol. The number of halogens is 1. The summed E-state index contributed by atoms with van der Waals surface area (Å²) in [6.07, 6.45) is 13.4. The first-order chi connectivity index (χ1) is 16.1. The number of esters is 1. The largest absolute Gasteiger partial charge is 0.420 e. The second-order valence-electron chi connectivity index (χ2n) is 8.39. The Morgan fingerprint density at radius 1 is 0.848 bits per heavy atom. The van der Waals surface area contributed by atoms with Crippen molar-refractivity contribution in [1.29, 1.82) is 0 Å². The van der Waals surface area contributed by atoms with Crippen LogP contribution in [0.3, 0.4) is 0 Å². The van der Waals surface area contributed by atoms with Gasteiger partial charge < -0.3 is 4.74 Å². The smallest absolute Gasteiger partial charge is 0.343 e. The third-order valence-electron chi connectivity index (χ3n) is 5.68. The number of nitrogens with zero attached hydrogens (tertiary/aromatic N) is 2. The Kier molecular flexibility index (Phi) is 9.55. The molecule has 3 aromatic rings. The van der Waals surface area contributed by atoms with Crippen LogP contribution in [0.5, 0.6) is 5.75 Å². The molecule has 0 saturated carbocycles. The van der Waals surface area contributed by atoms with Crippen molar-refractivity contribution in [2.24, 2.45) is 0 Å². The highest BCUT2D eigenvalue weighted by molar-refractivity contribution is 5.91. The lowest BCUT2D eigenvalue weighted by molar-refractivity contribution is 0.0728. The van der Waals surface area contributed by atoms with Gasteiger partial charge in [0.1, 0.15) is 0 Å². The van der Waals surface area contributed by atoms with Gasteiger partial charge in [0.15, 0.2) is 11.6 Å². The van der Waals surface area contributed by atoms with E-state index in [1.807, 2.05) is 12.3 Å². The molecule has 0 saturated heterocycles. The highest BCUT2D eigenvalue weighted by Crippen LogP contribution is 2.22. The molecule has 0 aliphatic heterocycles. The summed E-state index contributed by atoms with van der Waals surface area (Å²) in [6.45, 7) is 4.33. The molecule has 4 nitrogen and oxygen atoms in total. The second kappa shape index (κ2) is 12.8. The Bertz CT molecular complexity index is 1020. The lowest BCUT2D eigenvalue weighted by Crippen LogP contribution is -2.09. The minimum atomic E-state index is -0.590. The summed E-state index contributed by atoms with van der Waals surface area (Å²) in [7, 11) is 0. The van der Waals surface area contributed by atoms with Crippen molar-refractivity contribution in [3.63, 3.8) is 0 Å². The van der Waals surface area contributed by atoms with Crippen LogP contribution in [0.2, 0.25) is 0 Å². The van der Waals surface area contributed by atoms with E-state index in [9.17, 15) is 9.18 Å². The molecule has 3 rings (SSSR count). The van der Waals surface area contributed by atoms with Gasteiger partial charge in [0, 0.05) is 11.8 Å². The lowest BCUT2D eigenvalue weighted by atomic mass is 10.1. The fourth-order valence-corrected chi connectivity index (χ4v) is 3.66. The van der Waals surface area contributed by atoms with Crippen LogP contribution in [0.15, 0.2) is 54.9 Å². The van der Waals surface area contributed by atoms with Crippen molar-refractivity contribution in [3.05, 3.63) is 77.5 Å². The van der Waals surface area contributed by atoms with Crippen molar-refractivity contribution >= 4 is 5.97 Å². The molecule has 0 bridgehead atoms. The predicted octanol–water partition coefficient (Wildman–Crippen LogP) is 7.36. The fourth-order valence-electron chi connectivity index (χ4n) is 3.66. The number of benzene rings is 2. The molecule has 0 fully saturated rings. The third-order valence-corrected chi connectivity index (χ3v) is 5.68. The number of carbonyl (C=O) groups excluding carboxylic acids is 1. The number of hydrogen-bond donors (Lipinski definition) is 0. The van der Waals surface area contributed by atoms with Gasteiger partial charge in [-0.05, 0) is 55.5 Å². The zero-order valence-corrected chi connectivity index (χ0v) is 19.6. The molecule has 0 aliphatic rings. The van der Waals surface area contributed by atoms with Crippen LogP contribution < -0.4 is 4.74 Å². The highest BCUT2D eigenvalue weighted by Gasteiger charge is 2.13. The van der Waals surface area contributed by atoms with E-state index in [2.05, 4.69) is 23.8 Å². The van der Waals surface area contributed by atoms with Gasteiger partial charge >= 0.3 is 5.97 Å². The molecule has 0 atom stereocenters. The van der Waals surface area contributed by atoms with E-state index < -0.39 is 11.8 Å². The van der Waals surface area contributed by atoms with E-state index in [-0.39, 0.29) is 5.75 Å². The Balaban J connectivity index is 1.58. The number of carbonyl (C=O) groups is 1. The molecule has 5 heteroatoms. The van der Waals surface area contributed by atoms with E-state index in [0.29, 0.717) is 5.56 Å². The summed E-state index contributed by atoms with van der Waals surface area (Å²) in [5, 5.41) is 0. The number of hydrogen-bond acceptors (Lipinski definition) is 4. The van der Waals surface area contributed by atoms with Crippen LogP contribution in [0, 0.1) is 5.82 Å². The monoisotopic (exact) mass is 448 g/mol. The molecule has 0 radical (unpaired) electrons. The summed E-state index contributed by atoms with van der Waals surface area (Å²) < 4.78 is 19.7. The zero-order valence-electron chi connectivity index (χ0n) is 19.6. The van der Waals surface area contributed by atoms with Gasteiger partial charge in [-0.3, -0.25) is 9.97 Å². The van der Waals surface area contributed by atoms with Crippen molar-refractivity contribution in [1.82, 2.24) is 9.97 Å². The van der Waals surface area contributed by atoms with Gasteiger partial charge in [0.05, 0.1) is 23.1 Å². The Morgan fingerprint density at radius 3 is 2.24 bits per heavy atom. The fraction of sp³-hybridized carbons (Fsp3) is 0.393. The first-order valence-corrected chi connectivity index (χ1v) is 12.0. The molecule has 33 heavy (non-hydrogen) atoms. The average Bonchev–Trinajstić information content (AvgIpc) is 2.84. The summed E-state index contributed by atoms with van der Waals surface area (Å²) in [6, 6.07) is 11.7. The SMILES string of the molecule is CCCCCCc1cnc(-c2ccc(C(=O)Oc3ccc(CCCCC)cc3F)cc2)cn1. The molecular formula is C28H33FN2O2. The zero-order chi connectivity index (χ0) is 23.5. The molecule has 0 N–H and O–H groups in total. The van der Waals surface area contributed by atoms with E-state index in [1.165, 1.54) is 31.4 Å². The molecule has 174 valence electrons. The normalized spacial score (nSPS) is 10.9. The minimum absolute atomic E-state index is 0.0521. The maximum absolute atomic E-state index is 14.4. The summed E-state index contributed by atoms with van der Waals surface area (Å²) in [5.41, 5.74) is 3.87. The van der Waals surface area contributed by atoms with Crippen molar-refractivity contribution in [2.45, 2.75) is 71.6 Å². The number of rotatable bonds is 12. The van der Waals surface area contributed by atoms with E-state index in [4.69, 9.17) is 4.74 Å². The number of aromatic nitrogens is 2. The standard InChI is InChI=1S/C28H33FN2O2/c1-3-5-7-9-11-24-19-31-26(20-30-24)22-13-15-23(16-14-22)28(32)33-27-17-12-21(18-25(27)29)10-8-6-4-2/h12-20H,3-11H2,1-2H3. The lowest BCUT2D eigenvalue weighted by Gasteiger charge is -2.08. The van der Waals surface area contributed by atoms with E-state index >= 15 is 0 Å². The number of aryl methyl sites for hydroxylation is 2. The summed E-state index contributed by atoms with van der Waals surface area (Å²) in [4.78, 5) is 21.5. The van der Waals surface area contributed by atoms with Gasteiger partial charge in [0.2, 0.25) is 0 Å². The molecule has 1 aromatic heterocycles. The Labute approximate surface area is 196 Å². The van der Waals surface area contributed by atoms with Crippen LogP contribution in [0.25, 0.3) is 11.3 Å². The first-order valence-electron chi connectivity index (χ1n) is 12.0. The third kappa shape index (κ3) is 7.48. The Morgan fingerprint density at radius 2 is 1.58 bits per heavy atom. The maximum atomic E-state index is 14.4. The quantitative estimate of drug-likeness (QED) is 0.165. The van der Waals surface area contributed by atoms with Gasteiger partial charge in [-0.25, -0.2) is 9.18 Å². The molecule has 2 aromatic carbocycles. The van der Waals surface area contributed by atoms with E-state index in [1.54, 1.807) is 30.5 Å². The van der Waals surface area contributed by atoms with Crippen LogP contribution in [0.4, 0.5) is 4.39 Å². The second-order valence-corrected chi connectivity index (χ2v) is 8.39. The van der Waals surface area contributed by atoms with Gasteiger partial charge in [-0.15, -0.1) is 0 Å². The molecule has 0 unspecified atom stereocenters. The number of ether oxygens (including phenoxy) is 1. The van der Waals surface area contributed by atoms with Gasteiger partial charge in [-0.2, -0.15) is 0 Å². The van der Waals surface area contributed by atoms with Crippen molar-refractivity contribution in [3.8, 4) is 17.0 Å². The molecular weight excluding hydrogens is 415 g/mol. The molecule has 0 aliphatic carbocycles. The average molecular weight is 449 g/mol. The molecule has 0 spiro atoms. The molecule has 0 amide bonds. The summed E-state index contributed by atoms with van der Waals surface area (Å²) in [5.74, 6) is -1.16. The topological polar surface area (TPSA) is 52.1 Å². The number of unbranched alkanes of at least 4 members (excludes halogenated alkanes) is 5. The van der Waals surface area contributed by atoms with Crippen LogP contribution in [-0.2, 0) is 12.8 Å². The van der Waals surface area contributed by atoms with Crippen LogP contribution in [-0.4, -0.2) is 15.9 Å². The Hall–Kier alpha value is -3.08. The first kappa shape index (κ1) is 24.6. The van der Waals surface area contributed by atoms with E-state index in [0.717, 1.165) is 61.0 Å². The van der Waals surface area contributed by atoms with Crippen molar-refractivity contribution < 1.29 is 13.9 Å². The minimum Gasteiger partial charge on any atom is -0.420 e. The highest BCUT2D eigenvalue weighted by atomic mass is 19.1. The maximum Gasteiger partial charge on any atom is 0.343 e. The van der Waals surface area contributed by atoms with Crippen LogP contribution >= 0.6 is 0 Å². The van der Waals surface area contributed by atoms with Crippen LogP contribution in [0.1, 0.15) is 80.4 Å². The summed E-state index contributed by atoms with van der Waals surface area (Å²) >= 11 is 0.